The van der Waals surface area contributed by atoms with Crippen molar-refractivity contribution in [1.29, 1.82) is 5.41 Å². The van der Waals surface area contributed by atoms with E-state index < -0.39 is 0 Å². The zero-order valence-corrected chi connectivity index (χ0v) is 10.7. The van der Waals surface area contributed by atoms with Crippen molar-refractivity contribution in [2.45, 2.75) is 24.9 Å². The minimum atomic E-state index is -0.376. The van der Waals surface area contributed by atoms with Crippen molar-refractivity contribution in [3.63, 3.8) is 0 Å². The Morgan fingerprint density at radius 1 is 1.37 bits per heavy atom. The second kappa shape index (κ2) is 4.06. The van der Waals surface area contributed by atoms with Gasteiger partial charge in [-0.1, -0.05) is 24.3 Å². The maximum absolute atomic E-state index is 11.6. The van der Waals surface area contributed by atoms with E-state index in [0.29, 0.717) is 5.92 Å². The first-order valence-corrected chi connectivity index (χ1v) is 6.52. The fraction of sp³-hybridized carbons (Fsp3) is 0.429. The monoisotopic (exact) mass is 258 g/mol. The van der Waals surface area contributed by atoms with Crippen LogP contribution < -0.4 is 11.5 Å². The number of carbonyl (C=O) groups is 1. The first-order chi connectivity index (χ1) is 9.04. The first-order valence-electron chi connectivity index (χ1n) is 6.52. The Bertz CT molecular complexity index is 539. The number of hydrogen-bond donors (Lipinski definition) is 3. The zero-order valence-electron chi connectivity index (χ0n) is 10.7. The van der Waals surface area contributed by atoms with Crippen LogP contribution in [0.15, 0.2) is 24.3 Å². The number of likely N-dealkylation sites (tertiary alicyclic amines) is 1. The Hall–Kier alpha value is -1.88. The molecule has 0 aromatic heterocycles. The van der Waals surface area contributed by atoms with Gasteiger partial charge in [-0.2, -0.15) is 0 Å². The van der Waals surface area contributed by atoms with Crippen LogP contribution in [-0.4, -0.2) is 28.7 Å². The van der Waals surface area contributed by atoms with E-state index in [2.05, 4.69) is 4.90 Å². The molecule has 1 aliphatic carbocycles. The van der Waals surface area contributed by atoms with Gasteiger partial charge < -0.3 is 11.5 Å². The molecular weight excluding hydrogens is 240 g/mol. The summed E-state index contributed by atoms with van der Waals surface area (Å²) in [5, 5.41) is 7.36. The fourth-order valence-electron chi connectivity index (χ4n) is 3.24. The van der Waals surface area contributed by atoms with Crippen LogP contribution in [0, 0.1) is 11.3 Å². The van der Waals surface area contributed by atoms with Crippen molar-refractivity contribution in [1.82, 2.24) is 4.90 Å². The van der Waals surface area contributed by atoms with Crippen LogP contribution in [0.3, 0.4) is 0 Å². The average molecular weight is 258 g/mol. The third-order valence-corrected chi connectivity index (χ3v) is 4.45. The summed E-state index contributed by atoms with van der Waals surface area (Å²) >= 11 is 0. The largest absolute Gasteiger partial charge is 0.384 e. The number of nitrogen functional groups attached to an aromatic ring is 1. The fourth-order valence-corrected chi connectivity index (χ4v) is 3.24. The Morgan fingerprint density at radius 3 is 2.58 bits per heavy atom. The standard InChI is InChI=1S/C14H18N4O/c15-12(16)10-3-1-9(2-4-10)8-18-6-5-11-7-14(11,18)13(17)19/h1-4,11H,5-8H2,(H3,15,16)(H2,17,19)/t11-,14+/m1/s1. The number of amides is 1. The smallest absolute Gasteiger partial charge is 0.238 e. The van der Waals surface area contributed by atoms with Crippen molar-refractivity contribution < 1.29 is 4.79 Å². The molecule has 1 aromatic carbocycles. The number of amidine groups is 1. The summed E-state index contributed by atoms with van der Waals surface area (Å²) in [6.07, 6.45) is 1.97. The molecule has 5 heteroatoms. The maximum Gasteiger partial charge on any atom is 0.238 e. The summed E-state index contributed by atoms with van der Waals surface area (Å²) in [5.74, 6) is 0.348. The molecule has 2 aliphatic rings. The van der Waals surface area contributed by atoms with E-state index >= 15 is 0 Å². The Labute approximate surface area is 112 Å². The maximum atomic E-state index is 11.6. The van der Waals surface area contributed by atoms with Gasteiger partial charge in [-0.05, 0) is 30.9 Å². The van der Waals surface area contributed by atoms with Gasteiger partial charge in [-0.15, -0.1) is 0 Å². The molecule has 5 N–H and O–H groups in total. The number of piperidine rings is 1. The molecular formula is C14H18N4O. The second-order valence-corrected chi connectivity index (χ2v) is 5.51. The predicted molar refractivity (Wildman–Crippen MR) is 72.5 cm³/mol. The van der Waals surface area contributed by atoms with Crippen LogP contribution in [0.4, 0.5) is 0 Å². The zero-order chi connectivity index (χ0) is 13.6. The molecule has 1 amide bonds. The van der Waals surface area contributed by atoms with Gasteiger partial charge in [0, 0.05) is 12.1 Å². The summed E-state index contributed by atoms with van der Waals surface area (Å²) in [7, 11) is 0. The summed E-state index contributed by atoms with van der Waals surface area (Å²) in [6.45, 7) is 1.67. The first kappa shape index (κ1) is 12.2. The molecule has 0 bridgehead atoms. The van der Waals surface area contributed by atoms with Crippen molar-refractivity contribution in [2.75, 3.05) is 6.54 Å². The normalized spacial score (nSPS) is 28.9. The molecule has 2 atom stereocenters. The number of rotatable bonds is 4. The lowest BCUT2D eigenvalue weighted by Gasteiger charge is -2.25. The average Bonchev–Trinajstić information content (AvgIpc) is 3.02. The van der Waals surface area contributed by atoms with E-state index in [-0.39, 0.29) is 17.3 Å². The van der Waals surface area contributed by atoms with E-state index in [4.69, 9.17) is 16.9 Å². The van der Waals surface area contributed by atoms with Gasteiger partial charge in [0.2, 0.25) is 5.91 Å². The van der Waals surface area contributed by atoms with E-state index in [9.17, 15) is 4.79 Å². The highest BCUT2D eigenvalue weighted by Gasteiger charge is 2.65. The molecule has 1 aromatic rings. The molecule has 3 rings (SSSR count). The van der Waals surface area contributed by atoms with Gasteiger partial charge in [-0.25, -0.2) is 0 Å². The van der Waals surface area contributed by atoms with Crippen LogP contribution in [0.5, 0.6) is 0 Å². The number of nitrogens with zero attached hydrogens (tertiary/aromatic N) is 1. The van der Waals surface area contributed by atoms with E-state index in [1.165, 1.54) is 0 Å². The second-order valence-electron chi connectivity index (χ2n) is 5.51. The van der Waals surface area contributed by atoms with Crippen molar-refractivity contribution >= 4 is 11.7 Å². The van der Waals surface area contributed by atoms with Gasteiger partial charge in [-0.3, -0.25) is 15.1 Å². The number of nitrogens with two attached hydrogens (primary N) is 2. The molecule has 19 heavy (non-hydrogen) atoms. The number of nitrogens with one attached hydrogen (secondary N) is 1. The Balaban J connectivity index is 1.75. The molecule has 0 unspecified atom stereocenters. The summed E-state index contributed by atoms with van der Waals surface area (Å²) in [5.41, 5.74) is 12.5. The molecule has 5 nitrogen and oxygen atoms in total. The number of carbonyl (C=O) groups excluding carboxylic acids is 1. The minimum absolute atomic E-state index is 0.0728. The summed E-state index contributed by atoms with van der Waals surface area (Å²) in [6, 6.07) is 7.60. The van der Waals surface area contributed by atoms with Gasteiger partial charge in [0.1, 0.15) is 11.4 Å². The van der Waals surface area contributed by atoms with E-state index in [0.717, 1.165) is 37.1 Å². The van der Waals surface area contributed by atoms with Crippen molar-refractivity contribution in [3.05, 3.63) is 35.4 Å². The van der Waals surface area contributed by atoms with E-state index in [1.807, 2.05) is 24.3 Å². The van der Waals surface area contributed by atoms with E-state index in [1.54, 1.807) is 0 Å². The quantitative estimate of drug-likeness (QED) is 0.539. The topological polar surface area (TPSA) is 96.2 Å². The lowest BCUT2D eigenvalue weighted by molar-refractivity contribution is -0.124. The number of primary amides is 1. The van der Waals surface area contributed by atoms with Crippen LogP contribution >= 0.6 is 0 Å². The molecule has 1 saturated carbocycles. The van der Waals surface area contributed by atoms with Gasteiger partial charge in [0.25, 0.3) is 0 Å². The molecule has 1 aliphatic heterocycles. The molecule has 2 fully saturated rings. The number of benzene rings is 1. The van der Waals surface area contributed by atoms with Gasteiger partial charge in [0.15, 0.2) is 0 Å². The van der Waals surface area contributed by atoms with Crippen LogP contribution in [-0.2, 0) is 11.3 Å². The highest BCUT2D eigenvalue weighted by Crippen LogP contribution is 2.55. The van der Waals surface area contributed by atoms with Gasteiger partial charge >= 0.3 is 0 Å². The lowest BCUT2D eigenvalue weighted by atomic mass is 10.1. The molecule has 0 spiro atoms. The van der Waals surface area contributed by atoms with Crippen LogP contribution in [0.1, 0.15) is 24.0 Å². The number of fused-ring (bicyclic) bond motifs is 1. The molecule has 1 heterocycles. The van der Waals surface area contributed by atoms with Crippen molar-refractivity contribution in [3.8, 4) is 0 Å². The third-order valence-electron chi connectivity index (χ3n) is 4.45. The highest BCUT2D eigenvalue weighted by atomic mass is 16.2. The minimum Gasteiger partial charge on any atom is -0.384 e. The molecule has 1 saturated heterocycles. The number of hydrogen-bond acceptors (Lipinski definition) is 3. The predicted octanol–water partition coefficient (Wildman–Crippen LogP) is 0.420. The van der Waals surface area contributed by atoms with Crippen LogP contribution in [0.25, 0.3) is 0 Å². The Kier molecular flexibility index (Phi) is 2.60. The summed E-state index contributed by atoms with van der Waals surface area (Å²) in [4.78, 5) is 13.8. The lowest BCUT2D eigenvalue weighted by Crippen LogP contribution is -2.45. The third kappa shape index (κ3) is 1.81. The molecule has 0 radical (unpaired) electrons. The molecule has 100 valence electrons. The Morgan fingerprint density at radius 2 is 2.05 bits per heavy atom. The van der Waals surface area contributed by atoms with Crippen LogP contribution in [0.2, 0.25) is 0 Å². The SMILES string of the molecule is N=C(N)c1ccc(CN2CC[C@@H]3C[C@@]32C(N)=O)cc1. The highest BCUT2D eigenvalue weighted by molar-refractivity contribution is 5.94. The van der Waals surface area contributed by atoms with Crippen molar-refractivity contribution in [2.24, 2.45) is 17.4 Å². The van der Waals surface area contributed by atoms with Gasteiger partial charge in [0.05, 0.1) is 0 Å². The summed E-state index contributed by atoms with van der Waals surface area (Å²) < 4.78 is 0.